The van der Waals surface area contributed by atoms with E-state index in [1.807, 2.05) is 6.07 Å². The third-order valence-corrected chi connectivity index (χ3v) is 5.53. The lowest BCUT2D eigenvalue weighted by molar-refractivity contribution is 0.543. The molecule has 1 fully saturated rings. The number of hydrogen-bond donors (Lipinski definition) is 1. The van der Waals surface area contributed by atoms with Gasteiger partial charge < -0.3 is 0 Å². The van der Waals surface area contributed by atoms with Gasteiger partial charge in [0.1, 0.15) is 0 Å². The molecule has 1 N–H and O–H groups in total. The molecule has 0 saturated carbocycles. The van der Waals surface area contributed by atoms with Crippen LogP contribution in [0.3, 0.4) is 0 Å². The average molecular weight is 282 g/mol. The molecule has 18 heavy (non-hydrogen) atoms. The van der Waals surface area contributed by atoms with E-state index in [9.17, 15) is 8.42 Å². The molecule has 0 aromatic heterocycles. The Bertz CT molecular complexity index is 540. The molecule has 0 amide bonds. The van der Waals surface area contributed by atoms with Gasteiger partial charge in [-0.25, -0.2) is 13.1 Å². The number of benzene rings is 1. The van der Waals surface area contributed by atoms with Crippen LogP contribution in [0.25, 0.3) is 0 Å². The van der Waals surface area contributed by atoms with E-state index >= 15 is 0 Å². The largest absolute Gasteiger partial charge is 0.240 e. The van der Waals surface area contributed by atoms with E-state index < -0.39 is 10.0 Å². The highest BCUT2D eigenvalue weighted by Crippen LogP contribution is 2.19. The summed E-state index contributed by atoms with van der Waals surface area (Å²) in [6, 6.07) is 7.96. The van der Waals surface area contributed by atoms with Crippen LogP contribution < -0.4 is 4.72 Å². The quantitative estimate of drug-likeness (QED) is 0.916. The van der Waals surface area contributed by atoms with Crippen LogP contribution >= 0.6 is 11.8 Å². The van der Waals surface area contributed by atoms with Gasteiger partial charge in [0.05, 0.1) is 16.5 Å². The summed E-state index contributed by atoms with van der Waals surface area (Å²) in [5, 5.41) is 8.67. The molecule has 1 atom stereocenters. The van der Waals surface area contributed by atoms with Crippen molar-refractivity contribution in [3.8, 4) is 6.07 Å². The topological polar surface area (TPSA) is 70.0 Å². The highest BCUT2D eigenvalue weighted by atomic mass is 32.2. The second-order valence-electron chi connectivity index (χ2n) is 4.17. The molecule has 0 spiro atoms. The van der Waals surface area contributed by atoms with E-state index in [1.165, 1.54) is 24.3 Å². The number of nitriles is 1. The number of rotatable bonds is 3. The third-order valence-electron chi connectivity index (χ3n) is 2.78. The van der Waals surface area contributed by atoms with E-state index in [0.717, 1.165) is 24.3 Å². The Morgan fingerprint density at radius 2 is 2.06 bits per heavy atom. The summed E-state index contributed by atoms with van der Waals surface area (Å²) in [5.74, 6) is 1.94. The normalized spacial score (nSPS) is 20.3. The molecule has 1 saturated heterocycles. The monoisotopic (exact) mass is 282 g/mol. The minimum Gasteiger partial charge on any atom is -0.207 e. The van der Waals surface area contributed by atoms with Crippen molar-refractivity contribution in [1.82, 2.24) is 4.72 Å². The number of hydrogen-bond acceptors (Lipinski definition) is 4. The maximum Gasteiger partial charge on any atom is 0.240 e. The SMILES string of the molecule is N#Cc1ccc(S(=O)(=O)NC2CCCSC2)cc1. The number of nitrogens with zero attached hydrogens (tertiary/aromatic N) is 1. The van der Waals surface area contributed by atoms with Gasteiger partial charge in [-0.05, 0) is 42.9 Å². The number of thioether (sulfide) groups is 1. The van der Waals surface area contributed by atoms with Gasteiger partial charge >= 0.3 is 0 Å². The Morgan fingerprint density at radius 1 is 1.33 bits per heavy atom. The lowest BCUT2D eigenvalue weighted by atomic mass is 10.2. The first-order valence-electron chi connectivity index (χ1n) is 5.72. The molecule has 1 unspecified atom stereocenters. The molecule has 1 aromatic rings. The summed E-state index contributed by atoms with van der Waals surface area (Å²) in [5.41, 5.74) is 0.460. The summed E-state index contributed by atoms with van der Waals surface area (Å²) in [6.07, 6.45) is 1.94. The van der Waals surface area contributed by atoms with Crippen LogP contribution in [0, 0.1) is 11.3 Å². The van der Waals surface area contributed by atoms with Crippen LogP contribution in [-0.4, -0.2) is 26.0 Å². The smallest absolute Gasteiger partial charge is 0.207 e. The molecule has 1 aliphatic heterocycles. The molecule has 2 rings (SSSR count). The predicted molar refractivity (Wildman–Crippen MR) is 71.8 cm³/mol. The Morgan fingerprint density at radius 3 is 2.61 bits per heavy atom. The molecular formula is C12H14N2O2S2. The zero-order valence-corrected chi connectivity index (χ0v) is 11.4. The highest BCUT2D eigenvalue weighted by molar-refractivity contribution is 7.99. The molecule has 1 heterocycles. The molecule has 6 heteroatoms. The van der Waals surface area contributed by atoms with Crippen molar-refractivity contribution in [2.75, 3.05) is 11.5 Å². The molecule has 0 aliphatic carbocycles. The minimum absolute atomic E-state index is 0.0180. The fourth-order valence-corrected chi connectivity index (χ4v) is 4.28. The van der Waals surface area contributed by atoms with Crippen LogP contribution in [-0.2, 0) is 10.0 Å². The Balaban J connectivity index is 2.12. The summed E-state index contributed by atoms with van der Waals surface area (Å²) in [4.78, 5) is 0.220. The second-order valence-corrected chi connectivity index (χ2v) is 7.04. The maximum absolute atomic E-state index is 12.1. The third kappa shape index (κ3) is 3.25. The first-order valence-corrected chi connectivity index (χ1v) is 8.36. The Labute approximate surface area is 111 Å². The first kappa shape index (κ1) is 13.4. The van der Waals surface area contributed by atoms with Crippen LogP contribution in [0.15, 0.2) is 29.2 Å². The molecule has 1 aliphatic rings. The van der Waals surface area contributed by atoms with Crippen LogP contribution in [0.5, 0.6) is 0 Å². The van der Waals surface area contributed by atoms with Gasteiger partial charge in [0.25, 0.3) is 0 Å². The zero-order valence-electron chi connectivity index (χ0n) is 9.80. The van der Waals surface area contributed by atoms with E-state index in [-0.39, 0.29) is 10.9 Å². The molecule has 1 aromatic carbocycles. The first-order chi connectivity index (χ1) is 8.62. The number of nitrogens with one attached hydrogen (secondary N) is 1. The zero-order chi connectivity index (χ0) is 13.0. The molecular weight excluding hydrogens is 268 g/mol. The lowest BCUT2D eigenvalue weighted by Gasteiger charge is -2.22. The van der Waals surface area contributed by atoms with Gasteiger partial charge in [-0.15, -0.1) is 0 Å². The second kappa shape index (κ2) is 5.74. The number of sulfonamides is 1. The van der Waals surface area contributed by atoms with E-state index in [1.54, 1.807) is 11.8 Å². The summed E-state index contributed by atoms with van der Waals surface area (Å²) in [6.45, 7) is 0. The molecule has 4 nitrogen and oxygen atoms in total. The van der Waals surface area contributed by atoms with Gasteiger partial charge in [0.15, 0.2) is 0 Å². The van der Waals surface area contributed by atoms with Crippen molar-refractivity contribution in [1.29, 1.82) is 5.26 Å². The van der Waals surface area contributed by atoms with Crippen molar-refractivity contribution in [2.45, 2.75) is 23.8 Å². The Hall–Kier alpha value is -1.03. The molecule has 0 radical (unpaired) electrons. The fourth-order valence-electron chi connectivity index (χ4n) is 1.83. The van der Waals surface area contributed by atoms with Crippen LogP contribution in [0.1, 0.15) is 18.4 Å². The van der Waals surface area contributed by atoms with Crippen molar-refractivity contribution < 1.29 is 8.42 Å². The lowest BCUT2D eigenvalue weighted by Crippen LogP contribution is -2.38. The summed E-state index contributed by atoms with van der Waals surface area (Å²) >= 11 is 1.77. The fraction of sp³-hybridized carbons (Fsp3) is 0.417. The molecule has 96 valence electrons. The van der Waals surface area contributed by atoms with Crippen molar-refractivity contribution in [3.63, 3.8) is 0 Å². The summed E-state index contributed by atoms with van der Waals surface area (Å²) < 4.78 is 26.9. The van der Waals surface area contributed by atoms with Gasteiger partial charge in [-0.3, -0.25) is 0 Å². The summed E-state index contributed by atoms with van der Waals surface area (Å²) in [7, 11) is -3.46. The van der Waals surface area contributed by atoms with Crippen LogP contribution in [0.2, 0.25) is 0 Å². The molecule has 0 bridgehead atoms. The van der Waals surface area contributed by atoms with Gasteiger partial charge in [0, 0.05) is 11.8 Å². The van der Waals surface area contributed by atoms with Crippen molar-refractivity contribution >= 4 is 21.8 Å². The van der Waals surface area contributed by atoms with E-state index in [4.69, 9.17) is 5.26 Å². The van der Waals surface area contributed by atoms with E-state index in [0.29, 0.717) is 5.56 Å². The van der Waals surface area contributed by atoms with E-state index in [2.05, 4.69) is 4.72 Å². The van der Waals surface area contributed by atoms with Gasteiger partial charge in [-0.2, -0.15) is 17.0 Å². The predicted octanol–water partition coefficient (Wildman–Crippen LogP) is 1.73. The van der Waals surface area contributed by atoms with Crippen molar-refractivity contribution in [3.05, 3.63) is 29.8 Å². The average Bonchev–Trinajstić information content (AvgIpc) is 2.39. The minimum atomic E-state index is -3.46. The van der Waals surface area contributed by atoms with Crippen molar-refractivity contribution in [2.24, 2.45) is 0 Å². The van der Waals surface area contributed by atoms with Gasteiger partial charge in [-0.1, -0.05) is 0 Å². The van der Waals surface area contributed by atoms with Crippen LogP contribution in [0.4, 0.5) is 0 Å². The Kier molecular flexibility index (Phi) is 4.27. The standard InChI is InChI=1S/C12H14N2O2S2/c13-8-10-3-5-12(6-4-10)18(15,16)14-11-2-1-7-17-9-11/h3-6,11,14H,1-2,7,9H2. The van der Waals surface area contributed by atoms with Gasteiger partial charge in [0.2, 0.25) is 10.0 Å². The maximum atomic E-state index is 12.1. The highest BCUT2D eigenvalue weighted by Gasteiger charge is 2.21.